The van der Waals surface area contributed by atoms with Crippen LogP contribution in [-0.2, 0) is 4.79 Å². The van der Waals surface area contributed by atoms with E-state index < -0.39 is 0 Å². The van der Waals surface area contributed by atoms with Crippen LogP contribution in [0.1, 0.15) is 39.0 Å². The predicted molar refractivity (Wildman–Crippen MR) is 65.9 cm³/mol. The minimum absolute atomic E-state index is 0.0290. The van der Waals surface area contributed by atoms with E-state index in [9.17, 15) is 4.79 Å². The maximum atomic E-state index is 11.2. The van der Waals surface area contributed by atoms with E-state index in [0.717, 1.165) is 12.5 Å². The Morgan fingerprint density at radius 1 is 1.56 bits per heavy atom. The molecule has 3 heteroatoms. The molecule has 1 atom stereocenters. The molecular weight excluding hydrogens is 200 g/mol. The minimum atomic E-state index is 0.0290. The molecule has 0 heterocycles. The number of terminal acetylenes is 1. The van der Waals surface area contributed by atoms with Gasteiger partial charge in [-0.3, -0.25) is 4.79 Å². The number of carbonyl (C=O) groups is 1. The lowest BCUT2D eigenvalue weighted by Gasteiger charge is -2.28. The van der Waals surface area contributed by atoms with Crippen molar-refractivity contribution >= 4 is 5.91 Å². The number of rotatable bonds is 7. The number of nitrogens with one attached hydrogen (secondary N) is 2. The summed E-state index contributed by atoms with van der Waals surface area (Å²) in [5.41, 5.74) is 0. The van der Waals surface area contributed by atoms with Crippen LogP contribution in [-0.4, -0.2) is 25.0 Å². The highest BCUT2D eigenvalue weighted by Crippen LogP contribution is 2.30. The molecule has 0 radical (unpaired) electrons. The molecule has 0 aromatic rings. The van der Waals surface area contributed by atoms with Crippen LogP contribution >= 0.6 is 0 Å². The van der Waals surface area contributed by atoms with Gasteiger partial charge >= 0.3 is 0 Å². The zero-order chi connectivity index (χ0) is 11.8. The first kappa shape index (κ1) is 13.1. The van der Waals surface area contributed by atoms with Gasteiger partial charge in [-0.2, -0.15) is 0 Å². The molecule has 1 amide bonds. The monoisotopic (exact) mass is 222 g/mol. The molecule has 90 valence electrons. The van der Waals surface area contributed by atoms with Crippen molar-refractivity contribution in [2.24, 2.45) is 5.92 Å². The van der Waals surface area contributed by atoms with Gasteiger partial charge in [0.05, 0.1) is 6.54 Å². The van der Waals surface area contributed by atoms with Crippen molar-refractivity contribution < 1.29 is 4.79 Å². The van der Waals surface area contributed by atoms with Crippen molar-refractivity contribution in [2.75, 3.05) is 13.1 Å². The Morgan fingerprint density at radius 3 is 2.88 bits per heavy atom. The topological polar surface area (TPSA) is 41.1 Å². The molecule has 1 saturated carbocycles. The maximum absolute atomic E-state index is 11.2. The standard InChI is InChI=1S/C13H22N2O/c1-3-8-15-13(16)7-9-14-11(2)10-12-5-4-6-12/h1,11-12,14H,4-10H2,2H3,(H,15,16). The maximum Gasteiger partial charge on any atom is 0.222 e. The van der Waals surface area contributed by atoms with Crippen LogP contribution < -0.4 is 10.6 Å². The van der Waals surface area contributed by atoms with Gasteiger partial charge in [-0.1, -0.05) is 25.2 Å². The molecule has 0 aromatic heterocycles. The van der Waals surface area contributed by atoms with Crippen LogP contribution in [0.15, 0.2) is 0 Å². The smallest absolute Gasteiger partial charge is 0.222 e. The van der Waals surface area contributed by atoms with Gasteiger partial charge in [0.2, 0.25) is 5.91 Å². The first-order chi connectivity index (χ1) is 7.72. The molecule has 1 fully saturated rings. The molecule has 0 bridgehead atoms. The van der Waals surface area contributed by atoms with Gasteiger partial charge in [0.25, 0.3) is 0 Å². The molecule has 16 heavy (non-hydrogen) atoms. The summed E-state index contributed by atoms with van der Waals surface area (Å²) in [4.78, 5) is 11.2. The summed E-state index contributed by atoms with van der Waals surface area (Å²) in [6, 6.07) is 0.519. The second-order valence-electron chi connectivity index (χ2n) is 4.62. The van der Waals surface area contributed by atoms with E-state index in [1.165, 1.54) is 25.7 Å². The highest BCUT2D eigenvalue weighted by Gasteiger charge is 2.19. The molecule has 0 spiro atoms. The fourth-order valence-electron chi connectivity index (χ4n) is 1.98. The van der Waals surface area contributed by atoms with Crippen LogP contribution in [0.25, 0.3) is 0 Å². The summed E-state index contributed by atoms with van der Waals surface area (Å²) in [6.07, 6.45) is 11.0. The average molecular weight is 222 g/mol. The summed E-state index contributed by atoms with van der Waals surface area (Å²) in [7, 11) is 0. The lowest BCUT2D eigenvalue weighted by molar-refractivity contribution is -0.120. The fourth-order valence-corrected chi connectivity index (χ4v) is 1.98. The van der Waals surface area contributed by atoms with E-state index in [2.05, 4.69) is 23.5 Å². The van der Waals surface area contributed by atoms with Gasteiger partial charge in [-0.25, -0.2) is 0 Å². The van der Waals surface area contributed by atoms with Crippen molar-refractivity contribution in [3.8, 4) is 12.3 Å². The van der Waals surface area contributed by atoms with Crippen LogP contribution in [0.5, 0.6) is 0 Å². The van der Waals surface area contributed by atoms with E-state index in [0.29, 0.717) is 19.0 Å². The van der Waals surface area contributed by atoms with Crippen molar-refractivity contribution in [1.29, 1.82) is 0 Å². The number of hydrogen-bond acceptors (Lipinski definition) is 2. The molecule has 2 N–H and O–H groups in total. The van der Waals surface area contributed by atoms with Gasteiger partial charge in [0.1, 0.15) is 0 Å². The average Bonchev–Trinajstić information content (AvgIpc) is 2.20. The van der Waals surface area contributed by atoms with E-state index >= 15 is 0 Å². The first-order valence-corrected chi connectivity index (χ1v) is 6.16. The Balaban J connectivity index is 1.96. The van der Waals surface area contributed by atoms with E-state index in [4.69, 9.17) is 6.42 Å². The molecule has 1 rings (SSSR count). The largest absolute Gasteiger partial charge is 0.345 e. The number of carbonyl (C=O) groups excluding carboxylic acids is 1. The molecular formula is C13H22N2O. The molecule has 0 saturated heterocycles. The second-order valence-corrected chi connectivity index (χ2v) is 4.62. The Labute approximate surface area is 98.4 Å². The lowest BCUT2D eigenvalue weighted by Crippen LogP contribution is -2.34. The third-order valence-electron chi connectivity index (χ3n) is 3.14. The quantitative estimate of drug-likeness (QED) is 0.637. The van der Waals surface area contributed by atoms with Crippen LogP contribution in [0, 0.1) is 18.3 Å². The summed E-state index contributed by atoms with van der Waals surface area (Å²) >= 11 is 0. The summed E-state index contributed by atoms with van der Waals surface area (Å²) in [5.74, 6) is 3.33. The SMILES string of the molecule is C#CCNC(=O)CCNC(C)CC1CCC1. The van der Waals surface area contributed by atoms with Crippen molar-refractivity contribution in [3.63, 3.8) is 0 Å². The molecule has 0 aliphatic heterocycles. The highest BCUT2D eigenvalue weighted by molar-refractivity contribution is 5.76. The molecule has 1 aliphatic carbocycles. The molecule has 3 nitrogen and oxygen atoms in total. The Morgan fingerprint density at radius 2 is 2.31 bits per heavy atom. The molecule has 0 aromatic carbocycles. The van der Waals surface area contributed by atoms with Crippen LogP contribution in [0.2, 0.25) is 0 Å². The van der Waals surface area contributed by atoms with Gasteiger partial charge < -0.3 is 10.6 Å². The fraction of sp³-hybridized carbons (Fsp3) is 0.769. The second kappa shape index (κ2) is 7.29. The minimum Gasteiger partial charge on any atom is -0.345 e. The Hall–Kier alpha value is -1.01. The van der Waals surface area contributed by atoms with Gasteiger partial charge in [0.15, 0.2) is 0 Å². The van der Waals surface area contributed by atoms with Crippen molar-refractivity contribution in [1.82, 2.24) is 10.6 Å². The summed E-state index contributed by atoms with van der Waals surface area (Å²) in [5, 5.41) is 6.03. The Kier molecular flexibility index (Phi) is 5.95. The van der Waals surface area contributed by atoms with Crippen molar-refractivity contribution in [3.05, 3.63) is 0 Å². The van der Waals surface area contributed by atoms with E-state index in [1.807, 2.05) is 0 Å². The van der Waals surface area contributed by atoms with Gasteiger partial charge in [-0.05, 0) is 19.3 Å². The third kappa shape index (κ3) is 5.18. The Bertz CT molecular complexity index is 253. The van der Waals surface area contributed by atoms with Crippen LogP contribution in [0.4, 0.5) is 0 Å². The zero-order valence-electron chi connectivity index (χ0n) is 10.1. The van der Waals surface area contributed by atoms with E-state index in [1.54, 1.807) is 0 Å². The number of amides is 1. The van der Waals surface area contributed by atoms with Crippen LogP contribution in [0.3, 0.4) is 0 Å². The van der Waals surface area contributed by atoms with Crippen molar-refractivity contribution in [2.45, 2.75) is 45.1 Å². The lowest BCUT2D eigenvalue weighted by atomic mass is 9.81. The third-order valence-corrected chi connectivity index (χ3v) is 3.14. The number of hydrogen-bond donors (Lipinski definition) is 2. The highest BCUT2D eigenvalue weighted by atomic mass is 16.1. The van der Waals surface area contributed by atoms with Gasteiger partial charge in [-0.15, -0.1) is 6.42 Å². The predicted octanol–water partition coefficient (Wildman–Crippen LogP) is 1.29. The zero-order valence-corrected chi connectivity index (χ0v) is 10.1. The first-order valence-electron chi connectivity index (χ1n) is 6.16. The summed E-state index contributed by atoms with van der Waals surface area (Å²) in [6.45, 7) is 3.26. The normalized spacial score (nSPS) is 17.2. The van der Waals surface area contributed by atoms with Gasteiger partial charge in [0, 0.05) is 19.0 Å². The molecule has 1 unspecified atom stereocenters. The summed E-state index contributed by atoms with van der Waals surface area (Å²) < 4.78 is 0. The molecule has 1 aliphatic rings. The van der Waals surface area contributed by atoms with E-state index in [-0.39, 0.29) is 5.91 Å².